The van der Waals surface area contributed by atoms with Crippen molar-refractivity contribution in [3.05, 3.63) is 69.8 Å². The van der Waals surface area contributed by atoms with Gasteiger partial charge in [0.05, 0.1) is 10.6 Å². The van der Waals surface area contributed by atoms with E-state index in [-0.39, 0.29) is 11.2 Å². The number of fused-ring (bicyclic) bond motifs is 1. The summed E-state index contributed by atoms with van der Waals surface area (Å²) in [6, 6.07) is 14.3. The predicted molar refractivity (Wildman–Crippen MR) is 135 cm³/mol. The fraction of sp³-hybridized carbons (Fsp3) is 0.208. The van der Waals surface area contributed by atoms with Crippen molar-refractivity contribution in [2.45, 2.75) is 37.5 Å². The highest BCUT2D eigenvalue weighted by Crippen LogP contribution is 2.39. The SMILES string of the molecule is CCC(Sc1ncnc2scc(-c3ccc(Br)cc3)c12)C(=O)Nc1cc(C)cc(C)c1. The molecule has 0 aliphatic rings. The third kappa shape index (κ3) is 5.00. The van der Waals surface area contributed by atoms with Gasteiger partial charge in [0.25, 0.3) is 0 Å². The topological polar surface area (TPSA) is 54.9 Å². The summed E-state index contributed by atoms with van der Waals surface area (Å²) in [5.41, 5.74) is 5.30. The second-order valence-electron chi connectivity index (χ2n) is 7.40. The van der Waals surface area contributed by atoms with E-state index in [1.54, 1.807) is 17.7 Å². The minimum Gasteiger partial charge on any atom is -0.325 e. The van der Waals surface area contributed by atoms with Crippen LogP contribution in [0.1, 0.15) is 24.5 Å². The molecular weight excluding hydrogens is 490 g/mol. The van der Waals surface area contributed by atoms with Crippen LogP contribution < -0.4 is 5.32 Å². The Balaban J connectivity index is 1.64. The van der Waals surface area contributed by atoms with Crippen molar-refractivity contribution in [3.63, 3.8) is 0 Å². The van der Waals surface area contributed by atoms with Crippen molar-refractivity contribution >= 4 is 60.8 Å². The van der Waals surface area contributed by atoms with Crippen molar-refractivity contribution < 1.29 is 4.79 Å². The van der Waals surface area contributed by atoms with Crippen molar-refractivity contribution in [1.29, 1.82) is 0 Å². The van der Waals surface area contributed by atoms with Crippen molar-refractivity contribution in [1.82, 2.24) is 9.97 Å². The molecule has 1 amide bonds. The number of nitrogens with zero attached hydrogens (tertiary/aromatic N) is 2. The van der Waals surface area contributed by atoms with E-state index in [0.29, 0.717) is 6.42 Å². The van der Waals surface area contributed by atoms with E-state index < -0.39 is 0 Å². The normalized spacial score (nSPS) is 12.1. The molecule has 1 unspecified atom stereocenters. The minimum absolute atomic E-state index is 0.00955. The molecular formula is C24H22BrN3OS2. The van der Waals surface area contributed by atoms with Gasteiger partial charge in [-0.2, -0.15) is 0 Å². The molecule has 4 aromatic rings. The number of halogens is 1. The van der Waals surface area contributed by atoms with E-state index >= 15 is 0 Å². The molecule has 7 heteroatoms. The second-order valence-corrected chi connectivity index (χ2v) is 10.4. The molecule has 2 heterocycles. The highest BCUT2D eigenvalue weighted by atomic mass is 79.9. The summed E-state index contributed by atoms with van der Waals surface area (Å²) in [7, 11) is 0. The lowest BCUT2D eigenvalue weighted by Crippen LogP contribution is -2.24. The maximum atomic E-state index is 13.1. The number of carbonyl (C=O) groups is 1. The first-order chi connectivity index (χ1) is 14.9. The van der Waals surface area contributed by atoms with Crippen LogP contribution in [-0.4, -0.2) is 21.1 Å². The molecule has 0 radical (unpaired) electrons. The summed E-state index contributed by atoms with van der Waals surface area (Å²) in [6.07, 6.45) is 2.28. The zero-order chi connectivity index (χ0) is 22.0. The number of thioether (sulfide) groups is 1. The fourth-order valence-electron chi connectivity index (χ4n) is 3.51. The number of nitrogens with one attached hydrogen (secondary N) is 1. The Bertz CT molecular complexity index is 1220. The number of aromatic nitrogens is 2. The summed E-state index contributed by atoms with van der Waals surface area (Å²) < 4.78 is 1.04. The molecule has 2 aromatic carbocycles. The first-order valence-corrected chi connectivity index (χ1v) is 12.5. The number of carbonyl (C=O) groups excluding carboxylic acids is 1. The number of rotatable bonds is 6. The van der Waals surface area contributed by atoms with Crippen LogP contribution in [0, 0.1) is 13.8 Å². The predicted octanol–water partition coefficient (Wildman–Crippen LogP) is 7.25. The van der Waals surface area contributed by atoms with E-state index in [9.17, 15) is 4.79 Å². The number of thiophene rings is 1. The molecule has 158 valence electrons. The van der Waals surface area contributed by atoms with E-state index in [1.807, 2.05) is 45.0 Å². The Labute approximate surface area is 198 Å². The minimum atomic E-state index is -0.253. The maximum Gasteiger partial charge on any atom is 0.237 e. The fourth-order valence-corrected chi connectivity index (χ4v) is 5.78. The third-order valence-corrected chi connectivity index (χ3v) is 7.68. The van der Waals surface area contributed by atoms with Crippen LogP contribution in [0.5, 0.6) is 0 Å². The highest BCUT2D eigenvalue weighted by molar-refractivity contribution is 9.10. The number of benzene rings is 2. The van der Waals surface area contributed by atoms with Crippen LogP contribution >= 0.6 is 39.0 Å². The van der Waals surface area contributed by atoms with Crippen LogP contribution in [0.2, 0.25) is 0 Å². The molecule has 2 aromatic heterocycles. The van der Waals surface area contributed by atoms with Gasteiger partial charge >= 0.3 is 0 Å². The number of amides is 1. The van der Waals surface area contributed by atoms with Crippen molar-refractivity contribution in [2.24, 2.45) is 0 Å². The van der Waals surface area contributed by atoms with Crippen molar-refractivity contribution in [3.8, 4) is 11.1 Å². The first kappa shape index (κ1) is 22.0. The molecule has 1 atom stereocenters. The molecule has 4 nitrogen and oxygen atoms in total. The average Bonchev–Trinajstić information content (AvgIpc) is 3.16. The zero-order valence-electron chi connectivity index (χ0n) is 17.5. The number of hydrogen-bond acceptors (Lipinski definition) is 5. The number of hydrogen-bond donors (Lipinski definition) is 1. The molecule has 0 spiro atoms. The van der Waals surface area contributed by atoms with Crippen LogP contribution in [0.3, 0.4) is 0 Å². The van der Waals surface area contributed by atoms with E-state index in [2.05, 4.69) is 54.8 Å². The molecule has 0 bridgehead atoms. The van der Waals surface area contributed by atoms with Gasteiger partial charge in [-0.25, -0.2) is 9.97 Å². The Kier molecular flexibility index (Phi) is 6.74. The van der Waals surface area contributed by atoms with Gasteiger partial charge in [-0.1, -0.05) is 52.8 Å². The monoisotopic (exact) mass is 511 g/mol. The summed E-state index contributed by atoms with van der Waals surface area (Å²) in [5, 5.41) is 6.80. The van der Waals surface area contributed by atoms with E-state index in [1.165, 1.54) is 11.8 Å². The zero-order valence-corrected chi connectivity index (χ0v) is 20.7. The summed E-state index contributed by atoms with van der Waals surface area (Å²) in [4.78, 5) is 23.0. The quantitative estimate of drug-likeness (QED) is 0.218. The number of anilines is 1. The van der Waals surface area contributed by atoms with Gasteiger partial charge in [-0.05, 0) is 61.2 Å². The number of aryl methyl sites for hydroxylation is 2. The Morgan fingerprint density at radius 1 is 1.13 bits per heavy atom. The molecule has 31 heavy (non-hydrogen) atoms. The van der Waals surface area contributed by atoms with Gasteiger partial charge in [0.15, 0.2) is 0 Å². The van der Waals surface area contributed by atoms with Gasteiger partial charge < -0.3 is 5.32 Å². The summed E-state index contributed by atoms with van der Waals surface area (Å²) in [5.74, 6) is -0.00955. The largest absolute Gasteiger partial charge is 0.325 e. The molecule has 0 saturated carbocycles. The molecule has 0 saturated heterocycles. The van der Waals surface area contributed by atoms with Crippen LogP contribution in [0.4, 0.5) is 5.69 Å². The molecule has 0 aliphatic carbocycles. The van der Waals surface area contributed by atoms with E-state index in [0.717, 1.165) is 47.7 Å². The lowest BCUT2D eigenvalue weighted by Gasteiger charge is -2.16. The molecule has 1 N–H and O–H groups in total. The third-order valence-electron chi connectivity index (χ3n) is 4.90. The first-order valence-electron chi connectivity index (χ1n) is 9.98. The highest BCUT2D eigenvalue weighted by Gasteiger charge is 2.22. The van der Waals surface area contributed by atoms with Gasteiger partial charge in [-0.15, -0.1) is 11.3 Å². The van der Waals surface area contributed by atoms with Gasteiger partial charge in [0, 0.05) is 21.1 Å². The average molecular weight is 512 g/mol. The van der Waals surface area contributed by atoms with E-state index in [4.69, 9.17) is 0 Å². The van der Waals surface area contributed by atoms with Crippen LogP contribution in [0.15, 0.2) is 63.7 Å². The maximum absolute atomic E-state index is 13.1. The lowest BCUT2D eigenvalue weighted by atomic mass is 10.1. The second kappa shape index (κ2) is 9.51. The molecule has 0 fully saturated rings. The van der Waals surface area contributed by atoms with Crippen molar-refractivity contribution in [2.75, 3.05) is 5.32 Å². The van der Waals surface area contributed by atoms with Gasteiger partial charge in [-0.3, -0.25) is 4.79 Å². The van der Waals surface area contributed by atoms with Gasteiger partial charge in [0.1, 0.15) is 16.2 Å². The summed E-state index contributed by atoms with van der Waals surface area (Å²) in [6.45, 7) is 6.10. The van der Waals surface area contributed by atoms with Gasteiger partial charge in [0.2, 0.25) is 5.91 Å². The Morgan fingerprint density at radius 3 is 2.52 bits per heavy atom. The summed E-state index contributed by atoms with van der Waals surface area (Å²) >= 11 is 6.60. The Morgan fingerprint density at radius 2 is 1.84 bits per heavy atom. The molecule has 0 aliphatic heterocycles. The lowest BCUT2D eigenvalue weighted by molar-refractivity contribution is -0.115. The standard InChI is InChI=1S/C24H22BrN3OS2/c1-4-20(22(29)28-18-10-14(2)9-15(3)11-18)31-24-21-19(12-30-23(21)26-13-27-24)16-5-7-17(25)8-6-16/h5-13,20H,4H2,1-3H3,(H,28,29). The smallest absolute Gasteiger partial charge is 0.237 e. The van der Waals surface area contributed by atoms with Crippen LogP contribution in [0.25, 0.3) is 21.3 Å². The Hall–Kier alpha value is -2.22. The van der Waals surface area contributed by atoms with Crippen LogP contribution in [-0.2, 0) is 4.79 Å². The molecule has 4 rings (SSSR count).